The predicted octanol–water partition coefficient (Wildman–Crippen LogP) is 1.53. The Kier molecular flexibility index (Phi) is 5.85. The van der Waals surface area contributed by atoms with E-state index < -0.39 is 5.97 Å². The van der Waals surface area contributed by atoms with Crippen molar-refractivity contribution in [2.45, 2.75) is 51.0 Å². The van der Waals surface area contributed by atoms with E-state index in [1.165, 1.54) is 0 Å². The molecule has 2 aliphatic rings. The summed E-state index contributed by atoms with van der Waals surface area (Å²) in [6, 6.07) is 0.0152. The van der Waals surface area contributed by atoms with Gasteiger partial charge >= 0.3 is 12.0 Å². The molecule has 2 amide bonds. The van der Waals surface area contributed by atoms with Crippen LogP contribution >= 0.6 is 0 Å². The number of carbonyl (C=O) groups is 2. The van der Waals surface area contributed by atoms with E-state index in [-0.39, 0.29) is 25.1 Å². The predicted molar refractivity (Wildman–Crippen MR) is 78.0 cm³/mol. The van der Waals surface area contributed by atoms with Crippen LogP contribution in [0.1, 0.15) is 44.9 Å². The molecule has 1 unspecified atom stereocenters. The Morgan fingerprint density at radius 1 is 1.05 bits per heavy atom. The standard InChI is InChI=1S/C15H26N2O4/c18-11-13-3-1-2-8-17(13)15(21)16-9-6-12(7-10-16)4-5-14(19)20/h12-13,18H,1-11H2,(H,19,20). The summed E-state index contributed by atoms with van der Waals surface area (Å²) in [5, 5.41) is 18.1. The quantitative estimate of drug-likeness (QED) is 0.824. The molecule has 21 heavy (non-hydrogen) atoms. The molecule has 6 heteroatoms. The first-order valence-corrected chi connectivity index (χ1v) is 8.00. The van der Waals surface area contributed by atoms with E-state index in [0.29, 0.717) is 25.4 Å². The Balaban J connectivity index is 1.80. The number of hydrogen-bond donors (Lipinski definition) is 2. The number of aliphatic carboxylic acids is 1. The first-order chi connectivity index (χ1) is 10.1. The van der Waals surface area contributed by atoms with E-state index in [0.717, 1.165) is 38.6 Å². The van der Waals surface area contributed by atoms with Crippen LogP contribution in [0.3, 0.4) is 0 Å². The third-order valence-corrected chi connectivity index (χ3v) is 4.74. The van der Waals surface area contributed by atoms with Crippen molar-refractivity contribution in [1.29, 1.82) is 0 Å². The molecule has 0 spiro atoms. The molecule has 2 saturated heterocycles. The lowest BCUT2D eigenvalue weighted by Crippen LogP contribution is -2.53. The Morgan fingerprint density at radius 2 is 1.76 bits per heavy atom. The molecule has 0 saturated carbocycles. The minimum Gasteiger partial charge on any atom is -0.481 e. The molecule has 6 nitrogen and oxygen atoms in total. The van der Waals surface area contributed by atoms with Gasteiger partial charge in [-0.2, -0.15) is 0 Å². The lowest BCUT2D eigenvalue weighted by molar-refractivity contribution is -0.137. The van der Waals surface area contributed by atoms with E-state index in [4.69, 9.17) is 5.11 Å². The fourth-order valence-electron chi connectivity index (χ4n) is 3.36. The smallest absolute Gasteiger partial charge is 0.320 e. The number of rotatable bonds is 4. The van der Waals surface area contributed by atoms with Crippen molar-refractivity contribution < 1.29 is 19.8 Å². The van der Waals surface area contributed by atoms with Crippen molar-refractivity contribution in [2.75, 3.05) is 26.2 Å². The van der Waals surface area contributed by atoms with Crippen LogP contribution in [-0.4, -0.2) is 64.3 Å². The van der Waals surface area contributed by atoms with E-state index in [1.807, 2.05) is 9.80 Å². The Labute approximate surface area is 125 Å². The van der Waals surface area contributed by atoms with E-state index in [2.05, 4.69) is 0 Å². The normalized spacial score (nSPS) is 24.1. The highest BCUT2D eigenvalue weighted by Gasteiger charge is 2.31. The zero-order valence-electron chi connectivity index (χ0n) is 12.5. The van der Waals surface area contributed by atoms with E-state index in [9.17, 15) is 14.7 Å². The number of likely N-dealkylation sites (tertiary alicyclic amines) is 2. The minimum absolute atomic E-state index is 0.0315. The van der Waals surface area contributed by atoms with Gasteiger partial charge in [0.05, 0.1) is 12.6 Å². The Hall–Kier alpha value is -1.30. The molecule has 1 atom stereocenters. The average Bonchev–Trinajstić information content (AvgIpc) is 2.52. The lowest BCUT2D eigenvalue weighted by Gasteiger charge is -2.40. The van der Waals surface area contributed by atoms with Crippen LogP contribution < -0.4 is 0 Å². The van der Waals surface area contributed by atoms with Gasteiger partial charge in [0.2, 0.25) is 0 Å². The number of carboxylic acids is 1. The maximum Gasteiger partial charge on any atom is 0.320 e. The summed E-state index contributed by atoms with van der Waals surface area (Å²) in [5.74, 6) is -0.326. The Bertz CT molecular complexity index is 367. The molecule has 2 N–H and O–H groups in total. The fourth-order valence-corrected chi connectivity index (χ4v) is 3.36. The number of carboxylic acid groups (broad SMARTS) is 1. The van der Waals surface area contributed by atoms with Gasteiger partial charge in [0.1, 0.15) is 0 Å². The summed E-state index contributed by atoms with van der Waals surface area (Å²) in [6.07, 6.45) is 5.67. The SMILES string of the molecule is O=C(O)CCC1CCN(C(=O)N2CCCCC2CO)CC1. The average molecular weight is 298 g/mol. The highest BCUT2D eigenvalue weighted by atomic mass is 16.4. The van der Waals surface area contributed by atoms with Crippen molar-refractivity contribution in [3.05, 3.63) is 0 Å². The maximum absolute atomic E-state index is 12.5. The second-order valence-corrected chi connectivity index (χ2v) is 6.17. The third kappa shape index (κ3) is 4.33. The zero-order valence-corrected chi connectivity index (χ0v) is 12.5. The molecule has 0 aromatic heterocycles. The largest absolute Gasteiger partial charge is 0.481 e. The molecule has 2 fully saturated rings. The molecule has 0 aromatic rings. The van der Waals surface area contributed by atoms with Crippen molar-refractivity contribution in [1.82, 2.24) is 9.80 Å². The molecule has 0 aliphatic carbocycles. The summed E-state index contributed by atoms with van der Waals surface area (Å²) in [4.78, 5) is 26.8. The van der Waals surface area contributed by atoms with Crippen LogP contribution in [0.2, 0.25) is 0 Å². The van der Waals surface area contributed by atoms with Gasteiger partial charge in [0, 0.05) is 26.1 Å². The van der Waals surface area contributed by atoms with Gasteiger partial charge in [-0.1, -0.05) is 0 Å². The van der Waals surface area contributed by atoms with Gasteiger partial charge in [-0.15, -0.1) is 0 Å². The highest BCUT2D eigenvalue weighted by Crippen LogP contribution is 2.24. The molecule has 2 rings (SSSR count). The number of urea groups is 1. The van der Waals surface area contributed by atoms with Gasteiger partial charge in [-0.25, -0.2) is 4.79 Å². The Morgan fingerprint density at radius 3 is 2.38 bits per heavy atom. The molecule has 0 bridgehead atoms. The molecule has 2 aliphatic heterocycles. The number of amides is 2. The second-order valence-electron chi connectivity index (χ2n) is 6.17. The van der Waals surface area contributed by atoms with Crippen LogP contribution in [0.15, 0.2) is 0 Å². The van der Waals surface area contributed by atoms with Crippen molar-refractivity contribution in [3.8, 4) is 0 Å². The van der Waals surface area contributed by atoms with Crippen LogP contribution in [0.25, 0.3) is 0 Å². The number of aliphatic hydroxyl groups is 1. The molecule has 0 radical (unpaired) electrons. The topological polar surface area (TPSA) is 81.1 Å². The summed E-state index contributed by atoms with van der Waals surface area (Å²) in [7, 11) is 0. The van der Waals surface area contributed by atoms with Gasteiger partial charge in [-0.3, -0.25) is 4.79 Å². The third-order valence-electron chi connectivity index (χ3n) is 4.74. The number of hydrogen-bond acceptors (Lipinski definition) is 3. The first-order valence-electron chi connectivity index (χ1n) is 8.00. The molecular weight excluding hydrogens is 272 g/mol. The molecule has 120 valence electrons. The number of nitrogens with zero attached hydrogens (tertiary/aromatic N) is 2. The lowest BCUT2D eigenvalue weighted by atomic mass is 9.92. The molecule has 0 aromatic carbocycles. The molecule has 2 heterocycles. The monoisotopic (exact) mass is 298 g/mol. The second kappa shape index (κ2) is 7.64. The van der Waals surface area contributed by atoms with E-state index in [1.54, 1.807) is 0 Å². The number of piperidine rings is 2. The van der Waals surface area contributed by atoms with Crippen LogP contribution in [0.5, 0.6) is 0 Å². The molecular formula is C15H26N2O4. The summed E-state index contributed by atoms with van der Waals surface area (Å²) in [6.45, 7) is 2.19. The van der Waals surface area contributed by atoms with Crippen molar-refractivity contribution in [3.63, 3.8) is 0 Å². The zero-order chi connectivity index (χ0) is 15.2. The van der Waals surface area contributed by atoms with Crippen LogP contribution in [-0.2, 0) is 4.79 Å². The number of carbonyl (C=O) groups excluding carboxylic acids is 1. The van der Waals surface area contributed by atoms with Crippen molar-refractivity contribution >= 4 is 12.0 Å². The fraction of sp³-hybridized carbons (Fsp3) is 0.867. The van der Waals surface area contributed by atoms with Crippen molar-refractivity contribution in [2.24, 2.45) is 5.92 Å². The highest BCUT2D eigenvalue weighted by molar-refractivity contribution is 5.75. The van der Waals surface area contributed by atoms with E-state index >= 15 is 0 Å². The van der Waals surface area contributed by atoms with Gasteiger partial charge in [-0.05, 0) is 44.4 Å². The summed E-state index contributed by atoms with van der Waals surface area (Å²) < 4.78 is 0. The first kappa shape index (κ1) is 16.1. The van der Waals surface area contributed by atoms with Crippen LogP contribution in [0.4, 0.5) is 4.79 Å². The van der Waals surface area contributed by atoms with Crippen LogP contribution in [0, 0.1) is 5.92 Å². The van der Waals surface area contributed by atoms with Gasteiger partial charge < -0.3 is 20.0 Å². The summed E-state index contributed by atoms with van der Waals surface area (Å²) in [5.41, 5.74) is 0. The minimum atomic E-state index is -0.743. The summed E-state index contributed by atoms with van der Waals surface area (Å²) >= 11 is 0. The maximum atomic E-state index is 12.5. The van der Waals surface area contributed by atoms with Gasteiger partial charge in [0.15, 0.2) is 0 Å². The number of aliphatic hydroxyl groups excluding tert-OH is 1. The van der Waals surface area contributed by atoms with Gasteiger partial charge in [0.25, 0.3) is 0 Å².